The Morgan fingerprint density at radius 2 is 2.11 bits per heavy atom. The molecule has 2 aromatic rings. The zero-order valence-electron chi connectivity index (χ0n) is 10.3. The van der Waals surface area contributed by atoms with Gasteiger partial charge in [0.2, 0.25) is 0 Å². The Kier molecular flexibility index (Phi) is 3.41. The van der Waals surface area contributed by atoms with E-state index in [0.717, 1.165) is 22.0 Å². The first-order valence-electron chi connectivity index (χ1n) is 5.76. The largest absolute Gasteiger partial charge is 0.480 e. The first-order valence-corrected chi connectivity index (χ1v) is 5.76. The average Bonchev–Trinajstić information content (AvgIpc) is 2.70. The fourth-order valence-corrected chi connectivity index (χ4v) is 2.04. The van der Waals surface area contributed by atoms with Crippen LogP contribution >= 0.6 is 0 Å². The number of aryl methyl sites for hydroxylation is 1. The number of carboxylic acid groups (broad SMARTS) is 2. The van der Waals surface area contributed by atoms with Gasteiger partial charge in [-0.05, 0) is 24.1 Å². The molecule has 0 aliphatic carbocycles. The fourth-order valence-electron chi connectivity index (χ4n) is 2.04. The van der Waals surface area contributed by atoms with E-state index in [0.29, 0.717) is 0 Å². The predicted octanol–water partition coefficient (Wildman–Crippen LogP) is 1.74. The van der Waals surface area contributed by atoms with Crippen molar-refractivity contribution in [2.45, 2.75) is 19.4 Å². The Bertz CT molecular complexity index is 633. The summed E-state index contributed by atoms with van der Waals surface area (Å²) < 4.78 is 0. The molecule has 0 saturated carbocycles. The number of hydrogen-bond acceptors (Lipinski definition) is 2. The van der Waals surface area contributed by atoms with Crippen LogP contribution in [0.3, 0.4) is 0 Å². The van der Waals surface area contributed by atoms with Gasteiger partial charge in [0.1, 0.15) is 6.04 Å². The number of benzene rings is 1. The van der Waals surface area contributed by atoms with Crippen LogP contribution in [0, 0.1) is 6.92 Å². The topological polar surface area (TPSA) is 102 Å². The fraction of sp³-hybridized carbons (Fsp3) is 0.231. The van der Waals surface area contributed by atoms with Crippen molar-refractivity contribution in [3.8, 4) is 0 Å². The van der Waals surface area contributed by atoms with E-state index in [1.807, 2.05) is 30.4 Å². The number of hydrogen-bond donors (Lipinski definition) is 4. The molecule has 4 N–H and O–H groups in total. The van der Waals surface area contributed by atoms with Crippen LogP contribution in [0.5, 0.6) is 0 Å². The highest BCUT2D eigenvalue weighted by Gasteiger charge is 2.21. The number of nitrogens with one attached hydrogen (secondary N) is 2. The van der Waals surface area contributed by atoms with E-state index in [2.05, 4.69) is 4.98 Å². The van der Waals surface area contributed by atoms with Crippen LogP contribution in [0.25, 0.3) is 10.9 Å². The van der Waals surface area contributed by atoms with E-state index in [4.69, 9.17) is 10.2 Å². The second-order valence-electron chi connectivity index (χ2n) is 4.41. The van der Waals surface area contributed by atoms with Crippen LogP contribution in [0.2, 0.25) is 0 Å². The molecule has 6 heteroatoms. The standard InChI is InChI=1S/C13H14N2O4/c1-7-2-3-9-8(6-14-10(9)4-7)5-11(12(16)17)15-13(18)19/h2-4,6,11,14-15H,5H2,1H3,(H,16,17)(H,18,19)/t11-/m0/s1. The first kappa shape index (κ1) is 12.9. The number of carboxylic acids is 1. The van der Waals surface area contributed by atoms with Gasteiger partial charge in [-0.2, -0.15) is 0 Å². The van der Waals surface area contributed by atoms with Gasteiger partial charge in [-0.25, -0.2) is 9.59 Å². The lowest BCUT2D eigenvalue weighted by atomic mass is 10.0. The van der Waals surface area contributed by atoms with Gasteiger partial charge in [0.15, 0.2) is 0 Å². The quantitative estimate of drug-likeness (QED) is 0.673. The summed E-state index contributed by atoms with van der Waals surface area (Å²) in [5.74, 6) is -1.19. The summed E-state index contributed by atoms with van der Waals surface area (Å²) >= 11 is 0. The normalized spacial score (nSPS) is 12.3. The Hall–Kier alpha value is -2.50. The molecule has 1 aromatic carbocycles. The molecule has 0 radical (unpaired) electrons. The molecule has 0 aliphatic rings. The Morgan fingerprint density at radius 1 is 1.37 bits per heavy atom. The van der Waals surface area contributed by atoms with Crippen molar-refractivity contribution in [3.05, 3.63) is 35.5 Å². The van der Waals surface area contributed by atoms with Crippen LogP contribution < -0.4 is 5.32 Å². The summed E-state index contributed by atoms with van der Waals surface area (Å²) in [6.45, 7) is 1.96. The zero-order valence-corrected chi connectivity index (χ0v) is 10.3. The smallest absolute Gasteiger partial charge is 0.405 e. The van der Waals surface area contributed by atoms with E-state index in [-0.39, 0.29) is 6.42 Å². The van der Waals surface area contributed by atoms with Gasteiger partial charge in [-0.1, -0.05) is 12.1 Å². The molecule has 6 nitrogen and oxygen atoms in total. The minimum atomic E-state index is -1.34. The van der Waals surface area contributed by atoms with Crippen molar-refractivity contribution in [2.75, 3.05) is 0 Å². The monoisotopic (exact) mass is 262 g/mol. The maximum Gasteiger partial charge on any atom is 0.405 e. The predicted molar refractivity (Wildman–Crippen MR) is 69.3 cm³/mol. The van der Waals surface area contributed by atoms with Crippen molar-refractivity contribution < 1.29 is 19.8 Å². The van der Waals surface area contributed by atoms with E-state index < -0.39 is 18.1 Å². The highest BCUT2D eigenvalue weighted by atomic mass is 16.4. The SMILES string of the molecule is Cc1ccc2c(C[C@H](NC(=O)O)C(=O)O)c[nH]c2c1. The van der Waals surface area contributed by atoms with Crippen molar-refractivity contribution in [1.82, 2.24) is 10.3 Å². The third-order valence-electron chi connectivity index (χ3n) is 2.94. The van der Waals surface area contributed by atoms with Crippen LogP contribution in [-0.4, -0.2) is 33.3 Å². The maximum absolute atomic E-state index is 11.0. The van der Waals surface area contributed by atoms with Gasteiger partial charge >= 0.3 is 12.1 Å². The molecule has 0 aliphatic heterocycles. The van der Waals surface area contributed by atoms with Crippen molar-refractivity contribution in [2.24, 2.45) is 0 Å². The lowest BCUT2D eigenvalue weighted by Gasteiger charge is -2.11. The van der Waals surface area contributed by atoms with E-state index >= 15 is 0 Å². The molecule has 1 aromatic heterocycles. The summed E-state index contributed by atoms with van der Waals surface area (Å²) in [6, 6.07) is 4.63. The van der Waals surface area contributed by atoms with Crippen molar-refractivity contribution in [1.29, 1.82) is 0 Å². The number of rotatable bonds is 4. The lowest BCUT2D eigenvalue weighted by molar-refractivity contribution is -0.139. The molecule has 2 rings (SSSR count). The number of aliphatic carboxylic acids is 1. The molecule has 0 spiro atoms. The van der Waals surface area contributed by atoms with Gasteiger partial charge in [-0.15, -0.1) is 0 Å². The summed E-state index contributed by atoms with van der Waals surface area (Å²) in [7, 11) is 0. The van der Waals surface area contributed by atoms with Gasteiger partial charge in [0.05, 0.1) is 0 Å². The molecule has 19 heavy (non-hydrogen) atoms. The molecule has 0 bridgehead atoms. The zero-order chi connectivity index (χ0) is 14.0. The third kappa shape index (κ3) is 2.85. The summed E-state index contributed by atoms with van der Waals surface area (Å²) in [5, 5.41) is 20.5. The van der Waals surface area contributed by atoms with E-state index in [1.165, 1.54) is 0 Å². The average molecular weight is 262 g/mol. The molecule has 0 fully saturated rings. The van der Waals surface area contributed by atoms with Crippen LogP contribution in [0.4, 0.5) is 4.79 Å². The number of amides is 1. The highest BCUT2D eigenvalue weighted by Crippen LogP contribution is 2.20. The molecule has 1 atom stereocenters. The molecular formula is C13H14N2O4. The summed E-state index contributed by atoms with van der Waals surface area (Å²) in [4.78, 5) is 24.6. The van der Waals surface area contributed by atoms with Gasteiger partial charge in [0.25, 0.3) is 0 Å². The number of aromatic nitrogens is 1. The van der Waals surface area contributed by atoms with Crippen LogP contribution in [0.1, 0.15) is 11.1 Å². The minimum Gasteiger partial charge on any atom is -0.480 e. The van der Waals surface area contributed by atoms with Gasteiger partial charge in [-0.3, -0.25) is 0 Å². The second-order valence-corrected chi connectivity index (χ2v) is 4.41. The Balaban J connectivity index is 2.28. The number of carbonyl (C=O) groups is 2. The maximum atomic E-state index is 11.0. The lowest BCUT2D eigenvalue weighted by Crippen LogP contribution is -2.41. The van der Waals surface area contributed by atoms with Crippen LogP contribution in [-0.2, 0) is 11.2 Å². The molecule has 1 amide bonds. The first-order chi connectivity index (χ1) is 8.97. The van der Waals surface area contributed by atoms with E-state index in [9.17, 15) is 9.59 Å². The van der Waals surface area contributed by atoms with Crippen molar-refractivity contribution >= 4 is 23.0 Å². The number of H-pyrrole nitrogens is 1. The second kappa shape index (κ2) is 5.01. The number of fused-ring (bicyclic) bond motifs is 1. The van der Waals surface area contributed by atoms with E-state index in [1.54, 1.807) is 6.20 Å². The van der Waals surface area contributed by atoms with Gasteiger partial charge < -0.3 is 20.5 Å². The van der Waals surface area contributed by atoms with Gasteiger partial charge in [0, 0.05) is 23.5 Å². The molecular weight excluding hydrogens is 248 g/mol. The number of aromatic amines is 1. The Morgan fingerprint density at radius 3 is 2.74 bits per heavy atom. The molecule has 0 saturated heterocycles. The Labute approximate surface area is 109 Å². The minimum absolute atomic E-state index is 0.102. The molecule has 1 heterocycles. The molecule has 100 valence electrons. The molecule has 0 unspecified atom stereocenters. The van der Waals surface area contributed by atoms with Crippen molar-refractivity contribution in [3.63, 3.8) is 0 Å². The summed E-state index contributed by atoms with van der Waals surface area (Å²) in [5.41, 5.74) is 2.78. The third-order valence-corrected chi connectivity index (χ3v) is 2.94. The summed E-state index contributed by atoms with van der Waals surface area (Å²) in [6.07, 6.45) is 0.469. The van der Waals surface area contributed by atoms with Crippen LogP contribution in [0.15, 0.2) is 24.4 Å². The highest BCUT2D eigenvalue weighted by molar-refractivity contribution is 5.85.